The van der Waals surface area contributed by atoms with Gasteiger partial charge in [0.2, 0.25) is 5.91 Å². The Bertz CT molecular complexity index is 822. The lowest BCUT2D eigenvalue weighted by atomic mass is 9.99. The van der Waals surface area contributed by atoms with E-state index in [0.717, 1.165) is 36.9 Å². The number of methoxy groups -OCH3 is 1. The molecule has 0 radical (unpaired) electrons. The molecule has 3 rings (SSSR count). The first-order valence-electron chi connectivity index (χ1n) is 11.2. The standard InChI is InChI=1S/C24H34N2O6/c1-26-18-10-6-5-9-16(18)12-13-17(24(26)31)25-23(30)22(32-2)21(29)20(28)19(27)14-11-15-7-3-4-8-15/h5-6,9-11,14-15,17,19-22,27-29H,3-4,7-8,12-13H2,1-2H3,(H,25,30)/b14-11+/t17-,19+,20-,21+,22+/m0/s1. The Morgan fingerprint density at radius 1 is 1.16 bits per heavy atom. The number of nitrogens with zero attached hydrogens (tertiary/aromatic N) is 1. The number of hydrogen-bond donors (Lipinski definition) is 4. The molecular weight excluding hydrogens is 412 g/mol. The highest BCUT2D eigenvalue weighted by Gasteiger charge is 2.38. The predicted octanol–water partition coefficient (Wildman–Crippen LogP) is 0.924. The van der Waals surface area contributed by atoms with Crippen LogP contribution in [-0.2, 0) is 20.7 Å². The van der Waals surface area contributed by atoms with Crippen LogP contribution in [0.25, 0.3) is 0 Å². The third-order valence-corrected chi connectivity index (χ3v) is 6.50. The van der Waals surface area contributed by atoms with Crippen LogP contribution in [0.2, 0.25) is 0 Å². The first-order chi connectivity index (χ1) is 15.3. The Hall–Kier alpha value is -2.26. The second-order valence-corrected chi connectivity index (χ2v) is 8.68. The van der Waals surface area contributed by atoms with Crippen molar-refractivity contribution >= 4 is 17.5 Å². The molecule has 8 heteroatoms. The number of aryl methyl sites for hydroxylation is 1. The Morgan fingerprint density at radius 2 is 1.84 bits per heavy atom. The molecule has 0 saturated heterocycles. The summed E-state index contributed by atoms with van der Waals surface area (Å²) in [7, 11) is 2.89. The lowest BCUT2D eigenvalue weighted by Crippen LogP contribution is -2.55. The number of carbonyl (C=O) groups is 2. The smallest absolute Gasteiger partial charge is 0.252 e. The fraction of sp³-hybridized carbons (Fsp3) is 0.583. The average molecular weight is 447 g/mol. The van der Waals surface area contributed by atoms with Crippen molar-refractivity contribution < 1.29 is 29.6 Å². The highest BCUT2D eigenvalue weighted by molar-refractivity contribution is 6.00. The van der Waals surface area contributed by atoms with Gasteiger partial charge in [-0.25, -0.2) is 0 Å². The van der Waals surface area contributed by atoms with Gasteiger partial charge < -0.3 is 30.3 Å². The molecule has 176 valence electrons. The third kappa shape index (κ3) is 5.56. The number of fused-ring (bicyclic) bond motifs is 1. The number of rotatable bonds is 8. The number of allylic oxidation sites excluding steroid dienone is 1. The normalized spacial score (nSPS) is 23.5. The van der Waals surface area contributed by atoms with Crippen molar-refractivity contribution in [1.29, 1.82) is 0 Å². The Morgan fingerprint density at radius 3 is 2.53 bits per heavy atom. The van der Waals surface area contributed by atoms with Gasteiger partial charge in [-0.2, -0.15) is 0 Å². The van der Waals surface area contributed by atoms with E-state index in [4.69, 9.17) is 4.74 Å². The van der Waals surface area contributed by atoms with Gasteiger partial charge in [-0.3, -0.25) is 9.59 Å². The van der Waals surface area contributed by atoms with E-state index >= 15 is 0 Å². The van der Waals surface area contributed by atoms with Gasteiger partial charge in [0.05, 0.1) is 0 Å². The largest absolute Gasteiger partial charge is 0.387 e. The van der Waals surface area contributed by atoms with Crippen molar-refractivity contribution in [3.8, 4) is 0 Å². The van der Waals surface area contributed by atoms with Crippen LogP contribution < -0.4 is 10.2 Å². The topological polar surface area (TPSA) is 119 Å². The maximum absolute atomic E-state index is 12.9. The summed E-state index contributed by atoms with van der Waals surface area (Å²) in [5, 5.41) is 33.8. The van der Waals surface area contributed by atoms with Crippen LogP contribution in [0.3, 0.4) is 0 Å². The number of ether oxygens (including phenoxy) is 1. The molecule has 0 aromatic heterocycles. The Kier molecular flexibility index (Phi) is 8.42. The van der Waals surface area contributed by atoms with Gasteiger partial charge in [0.15, 0.2) is 6.10 Å². The number of para-hydroxylation sites is 1. The summed E-state index contributed by atoms with van der Waals surface area (Å²) in [6.45, 7) is 0. The molecule has 1 aliphatic heterocycles. The number of nitrogens with one attached hydrogen (secondary N) is 1. The van der Waals surface area contributed by atoms with Gasteiger partial charge >= 0.3 is 0 Å². The monoisotopic (exact) mass is 446 g/mol. The zero-order valence-electron chi connectivity index (χ0n) is 18.7. The Balaban J connectivity index is 1.62. The molecule has 1 fully saturated rings. The van der Waals surface area contributed by atoms with E-state index in [9.17, 15) is 24.9 Å². The number of carbonyl (C=O) groups excluding carboxylic acids is 2. The predicted molar refractivity (Wildman–Crippen MR) is 120 cm³/mol. The van der Waals surface area contributed by atoms with Gasteiger partial charge in [-0.1, -0.05) is 43.2 Å². The summed E-state index contributed by atoms with van der Waals surface area (Å²) in [4.78, 5) is 27.2. The minimum Gasteiger partial charge on any atom is -0.387 e. The lowest BCUT2D eigenvalue weighted by Gasteiger charge is -2.29. The highest BCUT2D eigenvalue weighted by Crippen LogP contribution is 2.27. The van der Waals surface area contributed by atoms with E-state index in [2.05, 4.69) is 5.32 Å². The number of aliphatic hydroxyl groups excluding tert-OH is 3. The minimum atomic E-state index is -1.67. The third-order valence-electron chi connectivity index (χ3n) is 6.50. The number of amides is 2. The van der Waals surface area contributed by atoms with Gasteiger partial charge in [-0.15, -0.1) is 0 Å². The second kappa shape index (κ2) is 11.0. The maximum Gasteiger partial charge on any atom is 0.252 e. The summed E-state index contributed by atoms with van der Waals surface area (Å²) in [6, 6.07) is 6.76. The van der Waals surface area contributed by atoms with Crippen LogP contribution in [0.1, 0.15) is 37.7 Å². The van der Waals surface area contributed by atoms with Crippen molar-refractivity contribution in [2.75, 3.05) is 19.1 Å². The van der Waals surface area contributed by atoms with Crippen molar-refractivity contribution in [3.63, 3.8) is 0 Å². The number of hydrogen-bond acceptors (Lipinski definition) is 6. The molecule has 32 heavy (non-hydrogen) atoms. The number of anilines is 1. The van der Waals surface area contributed by atoms with Gasteiger partial charge in [0, 0.05) is 19.8 Å². The highest BCUT2D eigenvalue weighted by atomic mass is 16.5. The van der Waals surface area contributed by atoms with Crippen molar-refractivity contribution in [1.82, 2.24) is 5.32 Å². The summed E-state index contributed by atoms with van der Waals surface area (Å²) in [5.41, 5.74) is 1.81. The number of benzene rings is 1. The summed E-state index contributed by atoms with van der Waals surface area (Å²) < 4.78 is 5.14. The average Bonchev–Trinajstić information content (AvgIpc) is 3.29. The molecule has 1 aliphatic carbocycles. The van der Waals surface area contributed by atoms with Crippen LogP contribution in [0.15, 0.2) is 36.4 Å². The minimum absolute atomic E-state index is 0.271. The van der Waals surface area contributed by atoms with Crippen LogP contribution in [0, 0.1) is 5.92 Å². The van der Waals surface area contributed by atoms with Crippen molar-refractivity contribution in [2.45, 2.75) is 69.0 Å². The molecule has 1 heterocycles. The molecule has 1 aromatic carbocycles. The van der Waals surface area contributed by atoms with E-state index in [1.54, 1.807) is 7.05 Å². The lowest BCUT2D eigenvalue weighted by molar-refractivity contribution is -0.150. The van der Waals surface area contributed by atoms with E-state index in [1.165, 1.54) is 18.1 Å². The molecule has 8 nitrogen and oxygen atoms in total. The van der Waals surface area contributed by atoms with E-state index in [-0.39, 0.29) is 5.91 Å². The van der Waals surface area contributed by atoms with Crippen LogP contribution in [-0.4, -0.2) is 71.7 Å². The fourth-order valence-corrected chi connectivity index (χ4v) is 4.53. The number of aliphatic hydroxyl groups is 3. The quantitative estimate of drug-likeness (QED) is 0.441. The van der Waals surface area contributed by atoms with Gasteiger partial charge in [0.25, 0.3) is 5.91 Å². The van der Waals surface area contributed by atoms with Crippen LogP contribution in [0.5, 0.6) is 0 Å². The molecule has 0 bridgehead atoms. The summed E-state index contributed by atoms with van der Waals surface area (Å²) >= 11 is 0. The first-order valence-corrected chi connectivity index (χ1v) is 11.2. The maximum atomic E-state index is 12.9. The fourth-order valence-electron chi connectivity index (χ4n) is 4.53. The van der Waals surface area contributed by atoms with Gasteiger partial charge in [0.1, 0.15) is 24.4 Å². The van der Waals surface area contributed by atoms with E-state index in [0.29, 0.717) is 18.8 Å². The zero-order valence-corrected chi connectivity index (χ0v) is 18.7. The molecular formula is C24H34N2O6. The van der Waals surface area contributed by atoms with Crippen molar-refractivity contribution in [2.24, 2.45) is 5.92 Å². The Labute approximate surface area is 188 Å². The summed E-state index contributed by atoms with van der Waals surface area (Å²) in [6.07, 6.45) is 2.63. The molecule has 2 aliphatic rings. The first kappa shape index (κ1) is 24.4. The van der Waals surface area contributed by atoms with Crippen molar-refractivity contribution in [3.05, 3.63) is 42.0 Å². The SMILES string of the molecule is CO[C@@H](C(=O)N[C@H]1CCc2ccccc2N(C)C1=O)[C@H](O)[C@@H](O)[C@H](O)/C=C/C1CCCC1. The number of likely N-dealkylation sites (N-methyl/N-ethyl adjacent to an activating group) is 1. The van der Waals surface area contributed by atoms with E-state index < -0.39 is 36.4 Å². The van der Waals surface area contributed by atoms with E-state index in [1.807, 2.05) is 30.3 Å². The molecule has 0 unspecified atom stereocenters. The molecule has 2 amide bonds. The molecule has 1 saturated carbocycles. The molecule has 4 N–H and O–H groups in total. The molecule has 0 spiro atoms. The summed E-state index contributed by atoms with van der Waals surface area (Å²) in [5.74, 6) is -0.630. The zero-order chi connectivity index (χ0) is 23.3. The van der Waals surface area contributed by atoms with Gasteiger partial charge in [-0.05, 0) is 43.2 Å². The van der Waals surface area contributed by atoms with Crippen LogP contribution in [0.4, 0.5) is 5.69 Å². The second-order valence-electron chi connectivity index (χ2n) is 8.68. The molecule has 5 atom stereocenters. The molecule has 1 aromatic rings. The van der Waals surface area contributed by atoms with Crippen LogP contribution >= 0.6 is 0 Å².